The minimum atomic E-state index is -0.196. The van der Waals surface area contributed by atoms with Gasteiger partial charge in [-0.15, -0.1) is 11.3 Å². The lowest BCUT2D eigenvalue weighted by molar-refractivity contribution is -0.123. The van der Waals surface area contributed by atoms with Crippen LogP contribution in [0.15, 0.2) is 72.1 Å². The number of ether oxygens (including phenoxy) is 3. The fraction of sp³-hybridized carbons (Fsp3) is 0.154. The smallest absolute Gasteiger partial charge is 0.258 e. The van der Waals surface area contributed by atoms with Gasteiger partial charge in [-0.25, -0.2) is 4.98 Å². The van der Waals surface area contributed by atoms with Crippen LogP contribution in [-0.2, 0) is 11.3 Å². The average Bonchev–Trinajstić information content (AvgIpc) is 3.37. The normalized spacial score (nSPS) is 10.6. The molecule has 0 saturated heterocycles. The molecule has 0 fully saturated rings. The number of carbonyl (C=O) groups is 1. The number of amides is 1. The first-order valence-electron chi connectivity index (χ1n) is 10.5. The monoisotopic (exact) mass is 494 g/mol. The van der Waals surface area contributed by atoms with Crippen LogP contribution in [0.2, 0.25) is 5.02 Å². The van der Waals surface area contributed by atoms with E-state index >= 15 is 0 Å². The number of hydrogen-bond acceptors (Lipinski definition) is 6. The molecule has 1 N–H and O–H groups in total. The molecule has 3 aromatic carbocycles. The topological polar surface area (TPSA) is 69.7 Å². The number of rotatable bonds is 9. The Bertz CT molecular complexity index is 1260. The van der Waals surface area contributed by atoms with Gasteiger partial charge in [-0.2, -0.15) is 0 Å². The summed E-state index contributed by atoms with van der Waals surface area (Å²) < 4.78 is 16.2. The van der Waals surface area contributed by atoms with Crippen molar-refractivity contribution in [2.75, 3.05) is 20.8 Å². The average molecular weight is 495 g/mol. The van der Waals surface area contributed by atoms with Crippen molar-refractivity contribution in [2.24, 2.45) is 0 Å². The lowest BCUT2D eigenvalue weighted by Crippen LogP contribution is -2.28. The maximum atomic E-state index is 12.1. The number of carbonyl (C=O) groups excluding carboxylic acids is 1. The maximum absolute atomic E-state index is 12.1. The van der Waals surface area contributed by atoms with Crippen molar-refractivity contribution >= 4 is 28.8 Å². The molecule has 0 saturated carbocycles. The number of halogens is 1. The molecule has 0 aliphatic rings. The van der Waals surface area contributed by atoms with Gasteiger partial charge in [0.05, 0.1) is 19.9 Å². The third-order valence-corrected chi connectivity index (χ3v) is 6.20. The molecule has 1 heterocycles. The van der Waals surface area contributed by atoms with Crippen LogP contribution in [0, 0.1) is 0 Å². The van der Waals surface area contributed by atoms with E-state index in [4.69, 9.17) is 30.8 Å². The van der Waals surface area contributed by atoms with E-state index in [1.807, 2.05) is 47.8 Å². The second-order valence-electron chi connectivity index (χ2n) is 7.32. The van der Waals surface area contributed by atoms with E-state index < -0.39 is 0 Å². The van der Waals surface area contributed by atoms with E-state index in [0.29, 0.717) is 28.8 Å². The second-order valence-corrected chi connectivity index (χ2v) is 8.62. The summed E-state index contributed by atoms with van der Waals surface area (Å²) in [6.07, 6.45) is 0. The minimum absolute atomic E-state index is 0.0578. The molecule has 8 heteroatoms. The first-order valence-corrected chi connectivity index (χ1v) is 11.7. The molecule has 1 aromatic heterocycles. The summed E-state index contributed by atoms with van der Waals surface area (Å²) in [5, 5.41) is 6.41. The molecule has 0 atom stereocenters. The number of methoxy groups -OCH3 is 2. The molecule has 0 spiro atoms. The van der Waals surface area contributed by atoms with Crippen LogP contribution < -0.4 is 19.5 Å². The number of nitrogens with zero attached hydrogens (tertiary/aromatic N) is 1. The van der Waals surface area contributed by atoms with Crippen LogP contribution in [0.5, 0.6) is 17.2 Å². The second kappa shape index (κ2) is 11.0. The Hall–Kier alpha value is -3.55. The first kappa shape index (κ1) is 23.6. The summed E-state index contributed by atoms with van der Waals surface area (Å²) in [5.41, 5.74) is 3.83. The predicted octanol–water partition coefficient (Wildman–Crippen LogP) is 5.84. The Morgan fingerprint density at radius 3 is 2.35 bits per heavy atom. The highest BCUT2D eigenvalue weighted by molar-refractivity contribution is 7.13. The molecule has 174 valence electrons. The zero-order chi connectivity index (χ0) is 23.9. The lowest BCUT2D eigenvalue weighted by atomic mass is 10.1. The van der Waals surface area contributed by atoms with Crippen LogP contribution >= 0.6 is 22.9 Å². The van der Waals surface area contributed by atoms with Crippen molar-refractivity contribution in [1.29, 1.82) is 0 Å². The highest BCUT2D eigenvalue weighted by atomic mass is 35.5. The highest BCUT2D eigenvalue weighted by Gasteiger charge is 2.11. The fourth-order valence-electron chi connectivity index (χ4n) is 3.23. The van der Waals surface area contributed by atoms with Crippen molar-refractivity contribution in [3.63, 3.8) is 0 Å². The Kier molecular flexibility index (Phi) is 7.67. The molecule has 0 aliphatic carbocycles. The van der Waals surface area contributed by atoms with Gasteiger partial charge < -0.3 is 19.5 Å². The van der Waals surface area contributed by atoms with Crippen molar-refractivity contribution < 1.29 is 19.0 Å². The molecule has 6 nitrogen and oxygen atoms in total. The number of thiazole rings is 1. The van der Waals surface area contributed by atoms with E-state index in [0.717, 1.165) is 27.4 Å². The number of nitrogens with one attached hydrogen (secondary N) is 1. The van der Waals surface area contributed by atoms with E-state index in [2.05, 4.69) is 5.32 Å². The van der Waals surface area contributed by atoms with Crippen molar-refractivity contribution in [1.82, 2.24) is 10.3 Å². The van der Waals surface area contributed by atoms with Crippen LogP contribution in [0.1, 0.15) is 5.56 Å². The molecular formula is C26H23ClN2O4S. The molecule has 0 bridgehead atoms. The molecule has 0 radical (unpaired) electrons. The lowest BCUT2D eigenvalue weighted by Gasteiger charge is -2.08. The van der Waals surface area contributed by atoms with Gasteiger partial charge in [-0.05, 0) is 48.0 Å². The van der Waals surface area contributed by atoms with Crippen molar-refractivity contribution in [3.8, 4) is 39.1 Å². The van der Waals surface area contributed by atoms with Gasteiger partial charge in [-0.1, -0.05) is 35.9 Å². The summed E-state index contributed by atoms with van der Waals surface area (Å²) in [6, 6.07) is 20.6. The van der Waals surface area contributed by atoms with Gasteiger partial charge in [0, 0.05) is 28.1 Å². The van der Waals surface area contributed by atoms with Gasteiger partial charge >= 0.3 is 0 Å². The van der Waals surface area contributed by atoms with E-state index in [1.165, 1.54) is 0 Å². The first-order chi connectivity index (χ1) is 16.6. The van der Waals surface area contributed by atoms with E-state index in [1.54, 1.807) is 49.8 Å². The summed E-state index contributed by atoms with van der Waals surface area (Å²) >= 11 is 7.42. The Balaban J connectivity index is 1.33. The Morgan fingerprint density at radius 2 is 1.65 bits per heavy atom. The molecular weight excluding hydrogens is 472 g/mol. The summed E-state index contributed by atoms with van der Waals surface area (Å²) in [5.74, 6) is 1.75. The number of hydrogen-bond donors (Lipinski definition) is 1. The molecule has 34 heavy (non-hydrogen) atoms. The molecule has 0 unspecified atom stereocenters. The van der Waals surface area contributed by atoms with Crippen molar-refractivity contribution in [2.45, 2.75) is 6.54 Å². The summed E-state index contributed by atoms with van der Waals surface area (Å²) in [7, 11) is 3.23. The van der Waals surface area contributed by atoms with E-state index in [9.17, 15) is 4.79 Å². The molecule has 4 aromatic rings. The zero-order valence-electron chi connectivity index (χ0n) is 18.7. The van der Waals surface area contributed by atoms with Gasteiger partial charge in [0.2, 0.25) is 0 Å². The van der Waals surface area contributed by atoms with Gasteiger partial charge in [0.1, 0.15) is 10.8 Å². The van der Waals surface area contributed by atoms with Crippen molar-refractivity contribution in [3.05, 3.63) is 82.7 Å². The van der Waals surface area contributed by atoms with Gasteiger partial charge in [-0.3, -0.25) is 4.79 Å². The number of aromatic nitrogens is 1. The summed E-state index contributed by atoms with van der Waals surface area (Å²) in [6.45, 7) is 0.357. The van der Waals surface area contributed by atoms with E-state index in [-0.39, 0.29) is 12.5 Å². The predicted molar refractivity (Wildman–Crippen MR) is 135 cm³/mol. The Labute approximate surface area is 207 Å². The summed E-state index contributed by atoms with van der Waals surface area (Å²) in [4.78, 5) is 16.9. The number of benzene rings is 3. The molecule has 0 aliphatic heterocycles. The fourth-order valence-corrected chi connectivity index (χ4v) is 4.19. The van der Waals surface area contributed by atoms with Gasteiger partial charge in [0.25, 0.3) is 5.91 Å². The van der Waals surface area contributed by atoms with Crippen LogP contribution in [0.3, 0.4) is 0 Å². The van der Waals surface area contributed by atoms with Crippen LogP contribution in [-0.4, -0.2) is 31.7 Å². The van der Waals surface area contributed by atoms with Gasteiger partial charge in [0.15, 0.2) is 18.1 Å². The highest BCUT2D eigenvalue weighted by Crippen LogP contribution is 2.34. The SMILES string of the molecule is COc1ccc(-c2csc(-c3ccc(CNC(=O)COc4ccc(Cl)cc4)cc3)n2)cc1OC. The standard InChI is InChI=1S/C26H23ClN2O4S/c1-31-23-12-7-19(13-24(23)32-2)22-16-34-26(29-22)18-5-3-17(4-6-18)14-28-25(30)15-33-21-10-8-20(27)9-11-21/h3-13,16H,14-15H2,1-2H3,(H,28,30). The molecule has 4 rings (SSSR count). The van der Waals surface area contributed by atoms with Crippen LogP contribution in [0.25, 0.3) is 21.8 Å². The zero-order valence-corrected chi connectivity index (χ0v) is 20.3. The van der Waals surface area contributed by atoms with Crippen LogP contribution in [0.4, 0.5) is 0 Å². The minimum Gasteiger partial charge on any atom is -0.493 e. The Morgan fingerprint density at radius 1 is 0.941 bits per heavy atom. The largest absolute Gasteiger partial charge is 0.493 e. The third-order valence-electron chi connectivity index (χ3n) is 5.06. The third kappa shape index (κ3) is 5.87. The maximum Gasteiger partial charge on any atom is 0.258 e. The quantitative estimate of drug-likeness (QED) is 0.316. The molecule has 1 amide bonds.